The van der Waals surface area contributed by atoms with E-state index < -0.39 is 16.7 Å². The molecule has 2 aromatic rings. The van der Waals surface area contributed by atoms with Crippen LogP contribution in [0.25, 0.3) is 0 Å². The maximum Gasteiger partial charge on any atom is 0.251 e. The number of alkyl halides is 1. The topological polar surface area (TPSA) is 93.1 Å². The number of benzene rings is 1. The molecule has 1 aromatic carbocycles. The molecule has 0 bridgehead atoms. The van der Waals surface area contributed by atoms with Gasteiger partial charge >= 0.3 is 0 Å². The van der Waals surface area contributed by atoms with Gasteiger partial charge in [0.15, 0.2) is 0 Å². The fourth-order valence-electron chi connectivity index (χ4n) is 2.34. The highest BCUT2D eigenvalue weighted by molar-refractivity contribution is 7.89. The van der Waals surface area contributed by atoms with Gasteiger partial charge in [-0.15, -0.1) is 0 Å². The molecule has 2 N–H and O–H groups in total. The van der Waals surface area contributed by atoms with Crippen molar-refractivity contribution < 1.29 is 17.6 Å². The lowest BCUT2D eigenvalue weighted by molar-refractivity contribution is 0.0951. The predicted molar refractivity (Wildman–Crippen MR) is 91.6 cm³/mol. The van der Waals surface area contributed by atoms with Crippen molar-refractivity contribution in [3.8, 4) is 0 Å². The standard InChI is InChI=1S/C16H21FN4O3S/c1-12-10-13(2)21(20-12)9-8-18-16(22)14-4-3-5-15(11-14)25(23,24)19-7-6-17/h3-5,10-11,19H,6-9H2,1-2H3,(H,18,22). The zero-order chi connectivity index (χ0) is 18.4. The molecule has 25 heavy (non-hydrogen) atoms. The molecule has 2 rings (SSSR count). The van der Waals surface area contributed by atoms with E-state index in [1.54, 1.807) is 4.68 Å². The molecule has 0 fully saturated rings. The van der Waals surface area contributed by atoms with Crippen molar-refractivity contribution in [1.82, 2.24) is 19.8 Å². The molecule has 0 saturated carbocycles. The van der Waals surface area contributed by atoms with Gasteiger partial charge in [-0.3, -0.25) is 9.48 Å². The Labute approximate surface area is 146 Å². The summed E-state index contributed by atoms with van der Waals surface area (Å²) in [6.07, 6.45) is 0. The lowest BCUT2D eigenvalue weighted by Gasteiger charge is -2.09. The van der Waals surface area contributed by atoms with Crippen molar-refractivity contribution >= 4 is 15.9 Å². The third-order valence-corrected chi connectivity index (χ3v) is 4.96. The van der Waals surface area contributed by atoms with Gasteiger partial charge in [-0.05, 0) is 38.1 Å². The average molecular weight is 368 g/mol. The fraction of sp³-hybridized carbons (Fsp3) is 0.375. The van der Waals surface area contributed by atoms with Gasteiger partial charge in [-0.25, -0.2) is 17.5 Å². The molecule has 0 aliphatic carbocycles. The molecule has 0 spiro atoms. The van der Waals surface area contributed by atoms with Crippen LogP contribution in [-0.4, -0.2) is 43.9 Å². The van der Waals surface area contributed by atoms with E-state index in [0.29, 0.717) is 13.1 Å². The smallest absolute Gasteiger partial charge is 0.251 e. The third-order valence-electron chi connectivity index (χ3n) is 3.51. The molecule has 1 heterocycles. The minimum absolute atomic E-state index is 0.0767. The molecule has 136 valence electrons. The first kappa shape index (κ1) is 19.1. The summed E-state index contributed by atoms with van der Waals surface area (Å²) >= 11 is 0. The molecule has 0 aliphatic rings. The second kappa shape index (κ2) is 8.21. The molecule has 1 aromatic heterocycles. The van der Waals surface area contributed by atoms with E-state index in [1.165, 1.54) is 24.3 Å². The number of carbonyl (C=O) groups is 1. The molecule has 7 nitrogen and oxygen atoms in total. The highest BCUT2D eigenvalue weighted by atomic mass is 32.2. The van der Waals surface area contributed by atoms with Crippen molar-refractivity contribution in [2.24, 2.45) is 0 Å². The number of aryl methyl sites for hydroxylation is 2. The fourth-order valence-corrected chi connectivity index (χ4v) is 3.39. The number of nitrogens with one attached hydrogen (secondary N) is 2. The normalized spacial score (nSPS) is 11.5. The maximum atomic E-state index is 12.2. The Morgan fingerprint density at radius 2 is 2.00 bits per heavy atom. The van der Waals surface area contributed by atoms with Gasteiger partial charge in [0.2, 0.25) is 10.0 Å². The first-order valence-corrected chi connectivity index (χ1v) is 9.27. The van der Waals surface area contributed by atoms with E-state index in [0.717, 1.165) is 11.4 Å². The Balaban J connectivity index is 2.00. The third kappa shape index (κ3) is 5.10. The molecule has 1 amide bonds. The first-order valence-electron chi connectivity index (χ1n) is 7.78. The van der Waals surface area contributed by atoms with E-state index in [4.69, 9.17) is 0 Å². The maximum absolute atomic E-state index is 12.2. The first-order chi connectivity index (χ1) is 11.8. The number of carbonyl (C=O) groups excluding carboxylic acids is 1. The van der Waals surface area contributed by atoms with Crippen molar-refractivity contribution in [3.05, 3.63) is 47.3 Å². The molecular formula is C16H21FN4O3S. The van der Waals surface area contributed by atoms with Gasteiger partial charge in [-0.1, -0.05) is 6.07 Å². The quantitative estimate of drug-likeness (QED) is 0.732. The van der Waals surface area contributed by atoms with E-state index in [9.17, 15) is 17.6 Å². The Morgan fingerprint density at radius 3 is 2.64 bits per heavy atom. The second-order valence-electron chi connectivity index (χ2n) is 5.52. The number of halogens is 1. The molecule has 0 atom stereocenters. The van der Waals surface area contributed by atoms with Gasteiger partial charge in [0.1, 0.15) is 6.67 Å². The Kier molecular flexibility index (Phi) is 6.27. The van der Waals surface area contributed by atoms with Crippen LogP contribution in [0.2, 0.25) is 0 Å². The summed E-state index contributed by atoms with van der Waals surface area (Å²) in [5.41, 5.74) is 2.12. The lowest BCUT2D eigenvalue weighted by Crippen LogP contribution is -2.29. The lowest BCUT2D eigenvalue weighted by atomic mass is 10.2. The number of aromatic nitrogens is 2. The number of hydrogen-bond donors (Lipinski definition) is 2. The summed E-state index contributed by atoms with van der Waals surface area (Å²) in [6.45, 7) is 3.60. The van der Waals surface area contributed by atoms with Gasteiger partial charge in [0, 0.05) is 24.3 Å². The van der Waals surface area contributed by atoms with Gasteiger partial charge in [0.05, 0.1) is 17.1 Å². The number of sulfonamides is 1. The van der Waals surface area contributed by atoms with E-state index in [1.807, 2.05) is 19.9 Å². The Morgan fingerprint density at radius 1 is 1.24 bits per heavy atom. The summed E-state index contributed by atoms with van der Waals surface area (Å²) in [7, 11) is -3.83. The Bertz CT molecular complexity index is 849. The highest BCUT2D eigenvalue weighted by Gasteiger charge is 2.15. The Hall–Kier alpha value is -2.26. The largest absolute Gasteiger partial charge is 0.350 e. The van der Waals surface area contributed by atoms with Gasteiger partial charge in [-0.2, -0.15) is 5.10 Å². The second-order valence-corrected chi connectivity index (χ2v) is 7.29. The molecule has 0 radical (unpaired) electrons. The zero-order valence-electron chi connectivity index (χ0n) is 14.1. The minimum atomic E-state index is -3.83. The number of amides is 1. The highest BCUT2D eigenvalue weighted by Crippen LogP contribution is 2.11. The van der Waals surface area contributed by atoms with Crippen LogP contribution >= 0.6 is 0 Å². The van der Waals surface area contributed by atoms with Crippen molar-refractivity contribution in [2.75, 3.05) is 19.8 Å². The van der Waals surface area contributed by atoms with E-state index in [2.05, 4.69) is 15.1 Å². The van der Waals surface area contributed by atoms with E-state index >= 15 is 0 Å². The monoisotopic (exact) mass is 368 g/mol. The summed E-state index contributed by atoms with van der Waals surface area (Å²) in [5, 5.41) is 7.03. The van der Waals surface area contributed by atoms with Gasteiger partial charge in [0.25, 0.3) is 5.91 Å². The molecule has 9 heteroatoms. The average Bonchev–Trinajstić information content (AvgIpc) is 2.90. The SMILES string of the molecule is Cc1cc(C)n(CCNC(=O)c2cccc(S(=O)(=O)NCCF)c2)n1. The predicted octanol–water partition coefficient (Wildman–Crippen LogP) is 1.18. The number of nitrogens with zero attached hydrogens (tertiary/aromatic N) is 2. The molecule has 0 aliphatic heterocycles. The van der Waals surface area contributed by atoms with Crippen molar-refractivity contribution in [2.45, 2.75) is 25.3 Å². The van der Waals surface area contributed by atoms with Crippen LogP contribution in [0.3, 0.4) is 0 Å². The van der Waals surface area contributed by atoms with E-state index in [-0.39, 0.29) is 22.9 Å². The van der Waals surface area contributed by atoms with Gasteiger partial charge < -0.3 is 5.32 Å². The van der Waals surface area contributed by atoms with Crippen LogP contribution in [0, 0.1) is 13.8 Å². The zero-order valence-corrected chi connectivity index (χ0v) is 14.9. The van der Waals surface area contributed by atoms with Crippen molar-refractivity contribution in [1.29, 1.82) is 0 Å². The summed E-state index contributed by atoms with van der Waals surface area (Å²) in [5.74, 6) is -0.385. The minimum Gasteiger partial charge on any atom is -0.350 e. The molecular weight excluding hydrogens is 347 g/mol. The van der Waals surface area contributed by atoms with Crippen LogP contribution in [0.1, 0.15) is 21.7 Å². The summed E-state index contributed by atoms with van der Waals surface area (Å²) < 4.78 is 40.0. The molecule has 0 saturated heterocycles. The van der Waals surface area contributed by atoms with Crippen LogP contribution < -0.4 is 10.0 Å². The van der Waals surface area contributed by atoms with Crippen LogP contribution in [0.15, 0.2) is 35.2 Å². The van der Waals surface area contributed by atoms with Crippen molar-refractivity contribution in [3.63, 3.8) is 0 Å². The van der Waals surface area contributed by atoms with Crippen LogP contribution in [0.4, 0.5) is 4.39 Å². The summed E-state index contributed by atoms with van der Waals surface area (Å²) in [6, 6.07) is 7.56. The van der Waals surface area contributed by atoms with Crippen LogP contribution in [0.5, 0.6) is 0 Å². The number of hydrogen-bond acceptors (Lipinski definition) is 4. The summed E-state index contributed by atoms with van der Waals surface area (Å²) in [4.78, 5) is 12.1. The number of rotatable bonds is 8. The van der Waals surface area contributed by atoms with Crippen LogP contribution in [-0.2, 0) is 16.6 Å². The molecule has 0 unspecified atom stereocenters.